The van der Waals surface area contributed by atoms with Gasteiger partial charge in [0.15, 0.2) is 0 Å². The van der Waals surface area contributed by atoms with Crippen LogP contribution in [0, 0.1) is 11.2 Å². The van der Waals surface area contributed by atoms with E-state index in [9.17, 15) is 0 Å². The molecule has 2 nitrogen and oxygen atoms in total. The Morgan fingerprint density at radius 3 is 2.00 bits per heavy atom. The summed E-state index contributed by atoms with van der Waals surface area (Å²) in [5, 5.41) is 7.52. The summed E-state index contributed by atoms with van der Waals surface area (Å²) in [5.41, 5.74) is 0. The first-order valence-corrected chi connectivity index (χ1v) is 1.65. The van der Waals surface area contributed by atoms with Crippen LogP contribution < -0.4 is 6.15 Å². The molecule has 1 radical (unpaired) electrons. The summed E-state index contributed by atoms with van der Waals surface area (Å²) >= 11 is 2.76. The van der Waals surface area contributed by atoms with E-state index in [-0.39, 0.29) is 6.15 Å². The Kier molecular flexibility index (Phi) is 16.0. The van der Waals surface area contributed by atoms with E-state index in [1.165, 1.54) is 6.10 Å². The van der Waals surface area contributed by atoms with Crippen LogP contribution >= 0.6 is 15.8 Å². The van der Waals surface area contributed by atoms with Crippen LogP contribution in [0.3, 0.4) is 0 Å². The third kappa shape index (κ3) is 16.1. The molecule has 0 amide bonds. The van der Waals surface area contributed by atoms with E-state index in [1.54, 1.807) is 5.97 Å². The van der Waals surface area contributed by atoms with Crippen molar-refractivity contribution in [3.63, 3.8) is 0 Å². The van der Waals surface area contributed by atoms with Crippen molar-refractivity contribution in [1.29, 1.82) is 5.26 Å². The van der Waals surface area contributed by atoms with Crippen molar-refractivity contribution in [3.8, 4) is 5.97 Å². The molecule has 0 aromatic carbocycles. The van der Waals surface area contributed by atoms with Crippen molar-refractivity contribution in [3.05, 3.63) is 0 Å². The molecule has 0 rings (SSSR count). The summed E-state index contributed by atoms with van der Waals surface area (Å²) in [7, 11) is 0. The highest BCUT2D eigenvalue weighted by Crippen LogP contribution is 1.62. The van der Waals surface area contributed by atoms with E-state index in [4.69, 9.17) is 5.26 Å². The highest BCUT2D eigenvalue weighted by Gasteiger charge is 1.62. The molecular formula is CH3BBrN2. The van der Waals surface area contributed by atoms with Crippen molar-refractivity contribution in [2.75, 3.05) is 0 Å². The van der Waals surface area contributed by atoms with Gasteiger partial charge < -0.3 is 6.15 Å². The van der Waals surface area contributed by atoms with Crippen LogP contribution in [0.2, 0.25) is 0 Å². The Hall–Kier alpha value is -0.00506. The summed E-state index contributed by atoms with van der Waals surface area (Å²) < 4.78 is 0. The van der Waals surface area contributed by atoms with Gasteiger partial charge in [0, 0.05) is 5.97 Å². The van der Waals surface area contributed by atoms with Crippen LogP contribution in [-0.2, 0) is 0 Å². The molecule has 4 heteroatoms. The second-order valence-electron chi connectivity index (χ2n) is 0.238. The number of rotatable bonds is 0. The first kappa shape index (κ1) is 8.89. The monoisotopic (exact) mass is 133 g/mol. The average molecular weight is 134 g/mol. The molecule has 0 saturated heterocycles. The molecule has 0 unspecified atom stereocenters. The molecule has 0 aliphatic carbocycles. The molecule has 0 aliphatic rings. The molecule has 0 fully saturated rings. The predicted molar refractivity (Wildman–Crippen MR) is 25.3 cm³/mol. The van der Waals surface area contributed by atoms with Gasteiger partial charge in [-0.3, -0.25) is 0 Å². The average Bonchev–Trinajstić information content (AvgIpc) is 1.37. The number of nitriles is 1. The molecular weight excluding hydrogens is 131 g/mol. The number of hydrogen-bond acceptors (Lipinski definition) is 2. The Morgan fingerprint density at radius 1 is 1.80 bits per heavy atom. The number of nitrogens with zero attached hydrogens (tertiary/aromatic N) is 1. The van der Waals surface area contributed by atoms with Crippen LogP contribution in [0.1, 0.15) is 0 Å². The topological polar surface area (TPSA) is 58.8 Å². The lowest BCUT2D eigenvalue weighted by Gasteiger charge is -1.38. The minimum absolute atomic E-state index is 0. The van der Waals surface area contributed by atoms with Crippen molar-refractivity contribution in [2.24, 2.45) is 0 Å². The third-order valence-electron chi connectivity index (χ3n) is 0.0488. The molecule has 27 valence electrons. The Bertz CT molecular complexity index is 39.4. The molecule has 0 aromatic rings. The quantitative estimate of drug-likeness (QED) is 0.494. The Labute approximate surface area is 40.0 Å². The summed E-state index contributed by atoms with van der Waals surface area (Å²) in [6.45, 7) is 0. The summed E-state index contributed by atoms with van der Waals surface area (Å²) in [6.07, 6.45) is 1.24. The van der Waals surface area contributed by atoms with Crippen LogP contribution in [0.4, 0.5) is 0 Å². The van der Waals surface area contributed by atoms with Crippen LogP contribution in [0.15, 0.2) is 0 Å². The number of hydrogen-bond donors (Lipinski definition) is 1. The smallest absolute Gasteiger partial charge is 0.342 e. The third-order valence-corrected chi connectivity index (χ3v) is 0.254. The van der Waals surface area contributed by atoms with E-state index >= 15 is 0 Å². The van der Waals surface area contributed by atoms with Gasteiger partial charge in [0.05, 0.1) is 0 Å². The van der Waals surface area contributed by atoms with Crippen molar-refractivity contribution in [2.45, 2.75) is 0 Å². The molecule has 5 heavy (non-hydrogen) atoms. The minimum Gasteiger partial charge on any atom is -0.344 e. The van der Waals surface area contributed by atoms with Gasteiger partial charge in [0.2, 0.25) is 0 Å². The maximum absolute atomic E-state index is 7.52. The molecule has 0 atom stereocenters. The summed E-state index contributed by atoms with van der Waals surface area (Å²) in [5.74, 6) is 1.72. The highest BCUT2D eigenvalue weighted by molar-refractivity contribution is 9.23. The van der Waals surface area contributed by atoms with Crippen molar-refractivity contribution >= 4 is 21.9 Å². The second kappa shape index (κ2) is 9.00. The molecule has 0 aromatic heterocycles. The van der Waals surface area contributed by atoms with E-state index in [1.807, 2.05) is 0 Å². The minimum atomic E-state index is 0. The highest BCUT2D eigenvalue weighted by atomic mass is 79.9. The maximum Gasteiger partial charge on any atom is 0.342 e. The second-order valence-corrected chi connectivity index (χ2v) is 0.696. The van der Waals surface area contributed by atoms with Gasteiger partial charge in [-0.1, -0.05) is 0 Å². The fourth-order valence-electron chi connectivity index (χ4n) is 0. The van der Waals surface area contributed by atoms with Crippen LogP contribution in [-0.4, -0.2) is 6.10 Å². The van der Waals surface area contributed by atoms with Crippen LogP contribution in [0.25, 0.3) is 0 Å². The van der Waals surface area contributed by atoms with Gasteiger partial charge in [-0.2, -0.15) is 0 Å². The molecule has 0 bridgehead atoms. The normalized spacial score (nSPS) is 3.20. The zero-order chi connectivity index (χ0) is 3.41. The van der Waals surface area contributed by atoms with Gasteiger partial charge in [0.25, 0.3) is 0 Å². The van der Waals surface area contributed by atoms with Gasteiger partial charge in [-0.25, -0.2) is 5.26 Å². The van der Waals surface area contributed by atoms with Gasteiger partial charge >= 0.3 is 6.10 Å². The molecule has 0 heterocycles. The molecule has 3 N–H and O–H groups in total. The van der Waals surface area contributed by atoms with E-state index in [0.29, 0.717) is 0 Å². The van der Waals surface area contributed by atoms with Gasteiger partial charge in [-0.15, -0.1) is 15.8 Å². The lowest BCUT2D eigenvalue weighted by molar-refractivity contribution is 1.56. The molecule has 0 spiro atoms. The van der Waals surface area contributed by atoms with E-state index in [0.717, 1.165) is 0 Å². The molecule has 0 aliphatic heterocycles. The Morgan fingerprint density at radius 2 is 2.00 bits per heavy atom. The lowest BCUT2D eigenvalue weighted by Crippen LogP contribution is -1.55. The van der Waals surface area contributed by atoms with Gasteiger partial charge in [0.1, 0.15) is 0 Å². The standard InChI is InChI=1S/CBBrN.H3N/c3-2-1-4;/h;1H3. The van der Waals surface area contributed by atoms with Crippen LogP contribution in [0.5, 0.6) is 0 Å². The fourth-order valence-corrected chi connectivity index (χ4v) is 0. The number of halogens is 1. The summed E-state index contributed by atoms with van der Waals surface area (Å²) in [6, 6.07) is 0. The SMILES string of the molecule is N.N#C[B]Br. The predicted octanol–water partition coefficient (Wildman–Crippen LogP) is 0.644. The van der Waals surface area contributed by atoms with Crippen molar-refractivity contribution in [1.82, 2.24) is 6.15 Å². The lowest BCUT2D eigenvalue weighted by atomic mass is 10.2. The molecule has 0 saturated carbocycles. The zero-order valence-electron chi connectivity index (χ0n) is 2.61. The first-order chi connectivity index (χ1) is 1.91. The maximum atomic E-state index is 7.52. The van der Waals surface area contributed by atoms with Crippen molar-refractivity contribution < 1.29 is 0 Å². The van der Waals surface area contributed by atoms with E-state index < -0.39 is 0 Å². The largest absolute Gasteiger partial charge is 0.344 e. The first-order valence-electron chi connectivity index (χ1n) is 0.730. The summed E-state index contributed by atoms with van der Waals surface area (Å²) in [4.78, 5) is 0. The van der Waals surface area contributed by atoms with E-state index in [2.05, 4.69) is 15.8 Å². The fraction of sp³-hybridized carbons (Fsp3) is 0. The zero-order valence-corrected chi connectivity index (χ0v) is 4.20. The van der Waals surface area contributed by atoms with Gasteiger partial charge in [-0.05, 0) is 0 Å². The Balaban J connectivity index is 0.